The summed E-state index contributed by atoms with van der Waals surface area (Å²) in [6.07, 6.45) is 1.50. The lowest BCUT2D eigenvalue weighted by Crippen LogP contribution is -2.12. The SMILES string of the molecule is N#C/C(=C\c1c(OCc2cccc3ccccc23)ccc2ccccc12)C(N)=O. The first-order valence-corrected chi connectivity index (χ1v) is 9.20. The molecule has 0 fully saturated rings. The summed E-state index contributed by atoms with van der Waals surface area (Å²) in [4.78, 5) is 11.6. The van der Waals surface area contributed by atoms with Crippen molar-refractivity contribution in [2.75, 3.05) is 0 Å². The van der Waals surface area contributed by atoms with E-state index in [1.807, 2.05) is 66.7 Å². The molecular weight excluding hydrogens is 360 g/mol. The van der Waals surface area contributed by atoms with Gasteiger partial charge in [0, 0.05) is 5.56 Å². The van der Waals surface area contributed by atoms with Gasteiger partial charge in [-0.3, -0.25) is 4.79 Å². The van der Waals surface area contributed by atoms with E-state index in [1.54, 1.807) is 0 Å². The number of hydrogen-bond acceptors (Lipinski definition) is 3. The number of rotatable bonds is 5. The van der Waals surface area contributed by atoms with E-state index < -0.39 is 5.91 Å². The van der Waals surface area contributed by atoms with Crippen LogP contribution in [-0.2, 0) is 11.4 Å². The summed E-state index contributed by atoms with van der Waals surface area (Å²) in [5.41, 5.74) is 6.95. The van der Waals surface area contributed by atoms with Crippen LogP contribution < -0.4 is 10.5 Å². The van der Waals surface area contributed by atoms with E-state index in [-0.39, 0.29) is 5.57 Å². The molecule has 4 aromatic carbocycles. The van der Waals surface area contributed by atoms with Crippen molar-refractivity contribution in [3.05, 3.63) is 95.6 Å². The number of amides is 1. The fraction of sp³-hybridized carbons (Fsp3) is 0.0400. The second-order valence-electron chi connectivity index (χ2n) is 6.66. The van der Waals surface area contributed by atoms with Crippen molar-refractivity contribution in [3.63, 3.8) is 0 Å². The summed E-state index contributed by atoms with van der Waals surface area (Å²) >= 11 is 0. The average molecular weight is 378 g/mol. The molecule has 29 heavy (non-hydrogen) atoms. The Morgan fingerprint density at radius 1 is 0.897 bits per heavy atom. The Labute approximate surface area is 168 Å². The minimum atomic E-state index is -0.763. The van der Waals surface area contributed by atoms with Gasteiger partial charge in [0.25, 0.3) is 5.91 Å². The molecule has 140 valence electrons. The number of carbonyl (C=O) groups excluding carboxylic acids is 1. The van der Waals surface area contributed by atoms with E-state index in [0.29, 0.717) is 17.9 Å². The number of nitriles is 1. The third-order valence-electron chi connectivity index (χ3n) is 4.87. The van der Waals surface area contributed by atoms with Crippen molar-refractivity contribution in [2.45, 2.75) is 6.61 Å². The summed E-state index contributed by atoms with van der Waals surface area (Å²) in [7, 11) is 0. The highest BCUT2D eigenvalue weighted by molar-refractivity contribution is 6.04. The molecule has 0 aromatic heterocycles. The van der Waals surface area contributed by atoms with Crippen LogP contribution in [0.25, 0.3) is 27.6 Å². The van der Waals surface area contributed by atoms with Gasteiger partial charge in [-0.25, -0.2) is 0 Å². The number of nitrogens with two attached hydrogens (primary N) is 1. The smallest absolute Gasteiger partial charge is 0.259 e. The molecule has 4 aromatic rings. The minimum absolute atomic E-state index is 0.114. The molecule has 0 saturated heterocycles. The van der Waals surface area contributed by atoms with Crippen LogP contribution >= 0.6 is 0 Å². The van der Waals surface area contributed by atoms with Gasteiger partial charge in [-0.2, -0.15) is 5.26 Å². The third kappa shape index (κ3) is 3.67. The van der Waals surface area contributed by atoms with Gasteiger partial charge in [0.15, 0.2) is 0 Å². The van der Waals surface area contributed by atoms with Gasteiger partial charge in [0.05, 0.1) is 0 Å². The van der Waals surface area contributed by atoms with Crippen LogP contribution in [0.1, 0.15) is 11.1 Å². The normalized spacial score (nSPS) is 11.3. The highest BCUT2D eigenvalue weighted by Gasteiger charge is 2.12. The van der Waals surface area contributed by atoms with Crippen molar-refractivity contribution < 1.29 is 9.53 Å². The van der Waals surface area contributed by atoms with Crippen LogP contribution in [-0.4, -0.2) is 5.91 Å². The van der Waals surface area contributed by atoms with Crippen molar-refractivity contribution in [1.82, 2.24) is 0 Å². The van der Waals surface area contributed by atoms with Crippen molar-refractivity contribution >= 4 is 33.5 Å². The van der Waals surface area contributed by atoms with Crippen LogP contribution in [0, 0.1) is 11.3 Å². The van der Waals surface area contributed by atoms with Gasteiger partial charge in [-0.15, -0.1) is 0 Å². The van der Waals surface area contributed by atoms with Crippen LogP contribution in [0.5, 0.6) is 5.75 Å². The lowest BCUT2D eigenvalue weighted by atomic mass is 10.0. The molecule has 0 saturated carbocycles. The molecule has 1 amide bonds. The Bertz CT molecular complexity index is 1290. The minimum Gasteiger partial charge on any atom is -0.488 e. The number of primary amides is 1. The standard InChI is InChI=1S/C25H18N2O2/c26-15-20(25(27)28)14-23-22-11-4-2-7-18(22)12-13-24(23)29-16-19-9-5-8-17-6-1-3-10-21(17)19/h1-14H,16H2,(H2,27,28)/b20-14+. The fourth-order valence-electron chi connectivity index (χ4n) is 3.43. The first kappa shape index (κ1) is 18.3. The summed E-state index contributed by atoms with van der Waals surface area (Å²) in [5, 5.41) is 13.4. The highest BCUT2D eigenvalue weighted by Crippen LogP contribution is 2.31. The van der Waals surface area contributed by atoms with E-state index in [1.165, 1.54) is 6.08 Å². The maximum absolute atomic E-state index is 11.6. The Morgan fingerprint density at radius 2 is 1.55 bits per heavy atom. The summed E-state index contributed by atoms with van der Waals surface area (Å²) in [6, 6.07) is 27.7. The van der Waals surface area contributed by atoms with Gasteiger partial charge in [-0.1, -0.05) is 72.8 Å². The second-order valence-corrected chi connectivity index (χ2v) is 6.66. The monoisotopic (exact) mass is 378 g/mol. The van der Waals surface area contributed by atoms with Crippen molar-refractivity contribution in [1.29, 1.82) is 5.26 Å². The van der Waals surface area contributed by atoms with Crippen LogP contribution in [0.4, 0.5) is 0 Å². The lowest BCUT2D eigenvalue weighted by Gasteiger charge is -2.14. The zero-order valence-corrected chi connectivity index (χ0v) is 15.6. The molecule has 0 aliphatic rings. The Morgan fingerprint density at radius 3 is 2.28 bits per heavy atom. The van der Waals surface area contributed by atoms with E-state index in [4.69, 9.17) is 10.5 Å². The molecule has 4 rings (SSSR count). The lowest BCUT2D eigenvalue weighted by molar-refractivity contribution is -0.114. The highest BCUT2D eigenvalue weighted by atomic mass is 16.5. The molecule has 0 spiro atoms. The first-order chi connectivity index (χ1) is 14.2. The summed E-state index contributed by atoms with van der Waals surface area (Å²) < 4.78 is 6.16. The predicted molar refractivity (Wildman–Crippen MR) is 115 cm³/mol. The zero-order valence-electron chi connectivity index (χ0n) is 15.6. The Kier molecular flexibility index (Phi) is 4.96. The number of hydrogen-bond donors (Lipinski definition) is 1. The third-order valence-corrected chi connectivity index (χ3v) is 4.87. The van der Waals surface area contributed by atoms with Crippen LogP contribution in [0.3, 0.4) is 0 Å². The van der Waals surface area contributed by atoms with Crippen LogP contribution in [0.15, 0.2) is 84.4 Å². The maximum Gasteiger partial charge on any atom is 0.259 e. The number of fused-ring (bicyclic) bond motifs is 2. The molecular formula is C25H18N2O2. The fourth-order valence-corrected chi connectivity index (χ4v) is 3.43. The Hall–Kier alpha value is -4.10. The molecule has 0 heterocycles. The molecule has 0 aliphatic heterocycles. The van der Waals surface area contributed by atoms with E-state index in [2.05, 4.69) is 18.2 Å². The molecule has 2 N–H and O–H groups in total. The number of carbonyl (C=O) groups is 1. The largest absolute Gasteiger partial charge is 0.488 e. The van der Waals surface area contributed by atoms with E-state index in [0.717, 1.165) is 27.1 Å². The molecule has 0 aliphatic carbocycles. The molecule has 0 atom stereocenters. The molecule has 0 bridgehead atoms. The molecule has 0 unspecified atom stereocenters. The number of ether oxygens (including phenoxy) is 1. The van der Waals surface area contributed by atoms with Gasteiger partial charge < -0.3 is 10.5 Å². The number of nitrogens with zero attached hydrogens (tertiary/aromatic N) is 1. The average Bonchev–Trinajstić information content (AvgIpc) is 2.76. The second kappa shape index (κ2) is 7.87. The summed E-state index contributed by atoms with van der Waals surface area (Å²) in [6.45, 7) is 0.360. The van der Waals surface area contributed by atoms with Crippen molar-refractivity contribution in [3.8, 4) is 11.8 Å². The van der Waals surface area contributed by atoms with Crippen molar-refractivity contribution in [2.24, 2.45) is 5.73 Å². The van der Waals surface area contributed by atoms with Crippen LogP contribution in [0.2, 0.25) is 0 Å². The first-order valence-electron chi connectivity index (χ1n) is 9.20. The quantitative estimate of drug-likeness (QED) is 0.394. The van der Waals surface area contributed by atoms with E-state index in [9.17, 15) is 10.1 Å². The number of benzene rings is 4. The van der Waals surface area contributed by atoms with Gasteiger partial charge >= 0.3 is 0 Å². The van der Waals surface area contributed by atoms with E-state index >= 15 is 0 Å². The van der Waals surface area contributed by atoms with Gasteiger partial charge in [0.2, 0.25) is 0 Å². The van der Waals surface area contributed by atoms with Gasteiger partial charge in [0.1, 0.15) is 24.0 Å². The molecule has 4 nitrogen and oxygen atoms in total. The summed E-state index contributed by atoms with van der Waals surface area (Å²) in [5.74, 6) is -0.175. The zero-order chi connectivity index (χ0) is 20.2. The molecule has 4 heteroatoms. The van der Waals surface area contributed by atoms with Gasteiger partial charge in [-0.05, 0) is 39.3 Å². The Balaban J connectivity index is 1.78. The molecule has 0 radical (unpaired) electrons. The topological polar surface area (TPSA) is 76.1 Å². The predicted octanol–water partition coefficient (Wildman–Crippen LogP) is 4.96. The maximum atomic E-state index is 11.6.